The van der Waals surface area contributed by atoms with E-state index in [1.54, 1.807) is 7.11 Å². The van der Waals surface area contributed by atoms with Crippen LogP contribution in [0.5, 0.6) is 0 Å². The van der Waals surface area contributed by atoms with Crippen LogP contribution in [0.1, 0.15) is 0 Å². The minimum Gasteiger partial charge on any atom is -0.378 e. The predicted molar refractivity (Wildman–Crippen MR) is 52.3 cm³/mol. The Labute approximate surface area is 86.1 Å². The maximum absolute atomic E-state index is 5.65. The number of nitrogens with zero attached hydrogens (tertiary/aromatic N) is 4. The van der Waals surface area contributed by atoms with Gasteiger partial charge in [0.05, 0.1) is 6.10 Å². The summed E-state index contributed by atoms with van der Waals surface area (Å²) in [6, 6.07) is 0. The van der Waals surface area contributed by atoms with Crippen molar-refractivity contribution in [3.8, 4) is 0 Å². The Kier molecular flexibility index (Phi) is 2.39. The van der Waals surface area contributed by atoms with Crippen LogP contribution in [0.15, 0.2) is 0 Å². The minimum atomic E-state index is 0.119. The van der Waals surface area contributed by atoms with Gasteiger partial charge in [-0.2, -0.15) is 15.0 Å². The SMILES string of the molecule is COC1CN(c2nc(N)nc(Cl)n2)C1. The number of nitrogens with two attached hydrogens (primary N) is 1. The summed E-state index contributed by atoms with van der Waals surface area (Å²) in [6.07, 6.45) is 0.242. The van der Waals surface area contributed by atoms with Crippen molar-refractivity contribution in [2.45, 2.75) is 6.10 Å². The number of hydrogen-bond acceptors (Lipinski definition) is 6. The molecule has 14 heavy (non-hydrogen) atoms. The molecule has 1 aliphatic rings. The maximum atomic E-state index is 5.65. The van der Waals surface area contributed by atoms with Gasteiger partial charge in [-0.3, -0.25) is 0 Å². The van der Waals surface area contributed by atoms with Crippen molar-refractivity contribution in [1.82, 2.24) is 15.0 Å². The van der Waals surface area contributed by atoms with E-state index in [9.17, 15) is 0 Å². The van der Waals surface area contributed by atoms with Crippen LogP contribution in [0.3, 0.4) is 0 Å². The van der Waals surface area contributed by atoms with Crippen LogP contribution in [0, 0.1) is 0 Å². The van der Waals surface area contributed by atoms with Gasteiger partial charge in [0.2, 0.25) is 17.2 Å². The third-order valence-electron chi connectivity index (χ3n) is 2.08. The highest BCUT2D eigenvalue weighted by Gasteiger charge is 2.28. The summed E-state index contributed by atoms with van der Waals surface area (Å²) in [6.45, 7) is 1.52. The van der Waals surface area contributed by atoms with Gasteiger partial charge in [0, 0.05) is 20.2 Å². The van der Waals surface area contributed by atoms with Crippen LogP contribution in [0.4, 0.5) is 11.9 Å². The number of hydrogen-bond donors (Lipinski definition) is 1. The Hall–Kier alpha value is -1.14. The molecule has 76 valence electrons. The second-order valence-corrected chi connectivity index (χ2v) is 3.36. The lowest BCUT2D eigenvalue weighted by atomic mass is 10.2. The zero-order valence-electron chi connectivity index (χ0n) is 7.64. The summed E-state index contributed by atoms with van der Waals surface area (Å²) >= 11 is 5.65. The monoisotopic (exact) mass is 215 g/mol. The van der Waals surface area contributed by atoms with Crippen molar-refractivity contribution in [2.75, 3.05) is 30.8 Å². The van der Waals surface area contributed by atoms with Crippen molar-refractivity contribution in [1.29, 1.82) is 0 Å². The average molecular weight is 216 g/mol. The molecule has 2 rings (SSSR count). The van der Waals surface area contributed by atoms with Gasteiger partial charge < -0.3 is 15.4 Å². The fourth-order valence-corrected chi connectivity index (χ4v) is 1.41. The van der Waals surface area contributed by atoms with Gasteiger partial charge in [-0.05, 0) is 11.6 Å². The first kappa shape index (κ1) is 9.42. The number of methoxy groups -OCH3 is 1. The summed E-state index contributed by atoms with van der Waals surface area (Å²) in [7, 11) is 1.68. The Morgan fingerprint density at radius 3 is 2.71 bits per heavy atom. The molecule has 0 aliphatic carbocycles. The van der Waals surface area contributed by atoms with Crippen molar-refractivity contribution in [3.63, 3.8) is 0 Å². The third kappa shape index (κ3) is 1.71. The molecule has 1 saturated heterocycles. The normalized spacial score (nSPS) is 16.9. The lowest BCUT2D eigenvalue weighted by Crippen LogP contribution is -2.52. The fraction of sp³-hybridized carbons (Fsp3) is 0.571. The van der Waals surface area contributed by atoms with Gasteiger partial charge in [0.15, 0.2) is 0 Å². The van der Waals surface area contributed by atoms with Crippen LogP contribution in [-0.2, 0) is 4.74 Å². The number of halogens is 1. The highest BCUT2D eigenvalue weighted by molar-refractivity contribution is 6.28. The number of anilines is 2. The van der Waals surface area contributed by atoms with E-state index in [0.29, 0.717) is 5.95 Å². The van der Waals surface area contributed by atoms with Crippen LogP contribution in [0.2, 0.25) is 5.28 Å². The first-order valence-corrected chi connectivity index (χ1v) is 4.51. The van der Waals surface area contributed by atoms with Crippen LogP contribution >= 0.6 is 11.6 Å². The predicted octanol–water partition coefficient (Wildman–Crippen LogP) is -0.0578. The van der Waals surface area contributed by atoms with Gasteiger partial charge in [-0.25, -0.2) is 0 Å². The number of aromatic nitrogens is 3. The van der Waals surface area contributed by atoms with E-state index in [1.165, 1.54) is 0 Å². The summed E-state index contributed by atoms with van der Waals surface area (Å²) in [5.41, 5.74) is 5.44. The molecular formula is C7H10ClN5O. The van der Waals surface area contributed by atoms with Crippen LogP contribution < -0.4 is 10.6 Å². The molecule has 2 N–H and O–H groups in total. The Morgan fingerprint density at radius 1 is 1.43 bits per heavy atom. The quantitative estimate of drug-likeness (QED) is 0.745. The first-order valence-electron chi connectivity index (χ1n) is 4.14. The zero-order valence-corrected chi connectivity index (χ0v) is 8.40. The standard InChI is InChI=1S/C7H10ClN5O/c1-14-4-2-13(3-4)7-11-5(8)10-6(9)12-7/h4H,2-3H2,1H3,(H2,9,10,11,12). The summed E-state index contributed by atoms with van der Waals surface area (Å²) < 4.78 is 5.12. The molecule has 0 saturated carbocycles. The molecule has 0 bridgehead atoms. The maximum Gasteiger partial charge on any atom is 0.231 e. The van der Waals surface area contributed by atoms with Gasteiger partial charge >= 0.3 is 0 Å². The van der Waals surface area contributed by atoms with Gasteiger partial charge in [0.25, 0.3) is 0 Å². The number of nitrogen functional groups attached to an aromatic ring is 1. The van der Waals surface area contributed by atoms with E-state index in [1.807, 2.05) is 4.90 Å². The highest BCUT2D eigenvalue weighted by atomic mass is 35.5. The highest BCUT2D eigenvalue weighted by Crippen LogP contribution is 2.19. The van der Waals surface area contributed by atoms with E-state index < -0.39 is 0 Å². The van der Waals surface area contributed by atoms with Crippen LogP contribution in [0.25, 0.3) is 0 Å². The molecule has 0 spiro atoms. The summed E-state index contributed by atoms with van der Waals surface area (Å²) in [5, 5.41) is 0.119. The van der Waals surface area contributed by atoms with E-state index in [2.05, 4.69) is 15.0 Å². The van der Waals surface area contributed by atoms with Crippen molar-refractivity contribution >= 4 is 23.5 Å². The molecule has 1 aromatic rings. The van der Waals surface area contributed by atoms with E-state index in [4.69, 9.17) is 22.1 Å². The Balaban J connectivity index is 2.10. The molecule has 7 heteroatoms. The fourth-order valence-electron chi connectivity index (χ4n) is 1.25. The molecule has 0 amide bonds. The molecule has 0 atom stereocenters. The van der Waals surface area contributed by atoms with E-state index in [0.717, 1.165) is 13.1 Å². The van der Waals surface area contributed by atoms with Crippen molar-refractivity contribution in [2.24, 2.45) is 0 Å². The average Bonchev–Trinajstić information content (AvgIpc) is 2.00. The molecule has 0 radical (unpaired) electrons. The summed E-state index contributed by atoms with van der Waals surface area (Å²) in [4.78, 5) is 13.5. The number of ether oxygens (including phenoxy) is 1. The van der Waals surface area contributed by atoms with Gasteiger partial charge in [-0.1, -0.05) is 0 Å². The molecule has 0 aromatic carbocycles. The van der Waals surface area contributed by atoms with Gasteiger partial charge in [-0.15, -0.1) is 0 Å². The molecule has 2 heterocycles. The van der Waals surface area contributed by atoms with Crippen LogP contribution in [-0.4, -0.2) is 41.3 Å². The topological polar surface area (TPSA) is 77.2 Å². The Morgan fingerprint density at radius 2 is 2.14 bits per heavy atom. The van der Waals surface area contributed by atoms with Gasteiger partial charge in [0.1, 0.15) is 0 Å². The second-order valence-electron chi connectivity index (χ2n) is 3.03. The van der Waals surface area contributed by atoms with Crippen molar-refractivity contribution < 1.29 is 4.74 Å². The largest absolute Gasteiger partial charge is 0.378 e. The third-order valence-corrected chi connectivity index (χ3v) is 2.25. The lowest BCUT2D eigenvalue weighted by molar-refractivity contribution is 0.0778. The Bertz CT molecular complexity index is 321. The first-order chi connectivity index (χ1) is 6.69. The minimum absolute atomic E-state index is 0.119. The smallest absolute Gasteiger partial charge is 0.231 e. The van der Waals surface area contributed by atoms with E-state index in [-0.39, 0.29) is 17.3 Å². The van der Waals surface area contributed by atoms with E-state index >= 15 is 0 Å². The van der Waals surface area contributed by atoms with Crippen molar-refractivity contribution in [3.05, 3.63) is 5.28 Å². The molecule has 1 aliphatic heterocycles. The lowest BCUT2D eigenvalue weighted by Gasteiger charge is -2.37. The molecular weight excluding hydrogens is 206 g/mol. The molecule has 1 fully saturated rings. The second kappa shape index (κ2) is 3.55. The summed E-state index contributed by atoms with van der Waals surface area (Å²) in [5.74, 6) is 0.650. The molecule has 6 nitrogen and oxygen atoms in total. The number of rotatable bonds is 2. The zero-order chi connectivity index (χ0) is 10.1. The molecule has 0 unspecified atom stereocenters. The molecule has 1 aromatic heterocycles.